The topological polar surface area (TPSA) is 53.1 Å². The molecule has 0 aliphatic carbocycles. The van der Waals surface area contributed by atoms with E-state index in [-0.39, 0.29) is 12.1 Å². The van der Waals surface area contributed by atoms with E-state index in [2.05, 4.69) is 24.2 Å². The Morgan fingerprint density at radius 1 is 1.26 bits per heavy atom. The number of nitrogens with zero attached hydrogens (tertiary/aromatic N) is 2. The fraction of sp³-hybridized carbons (Fsp3) is 0.400. The Morgan fingerprint density at radius 2 is 2.00 bits per heavy atom. The zero-order valence-corrected chi connectivity index (χ0v) is 11.9. The smallest absolute Gasteiger partial charge is 0.119 e. The fourth-order valence-electron chi connectivity index (χ4n) is 2.42. The summed E-state index contributed by atoms with van der Waals surface area (Å²) in [4.78, 5) is 0. The normalized spacial score (nSPS) is 14.2. The molecule has 1 aromatic carbocycles. The lowest BCUT2D eigenvalue weighted by molar-refractivity contribution is 0.408. The highest BCUT2D eigenvalue weighted by atomic mass is 16.5. The second-order valence-corrected chi connectivity index (χ2v) is 4.95. The lowest BCUT2D eigenvalue weighted by Crippen LogP contribution is -2.31. The summed E-state index contributed by atoms with van der Waals surface area (Å²) in [7, 11) is 1.67. The average molecular weight is 259 g/mol. The van der Waals surface area contributed by atoms with Crippen LogP contribution in [-0.4, -0.2) is 22.9 Å². The Hall–Kier alpha value is -1.81. The van der Waals surface area contributed by atoms with Crippen LogP contribution in [0.15, 0.2) is 30.3 Å². The fourth-order valence-corrected chi connectivity index (χ4v) is 2.42. The second kappa shape index (κ2) is 5.45. The molecule has 0 saturated heterocycles. The number of rotatable bonds is 4. The molecule has 4 heteroatoms. The Labute approximate surface area is 114 Å². The van der Waals surface area contributed by atoms with Crippen molar-refractivity contribution in [2.45, 2.75) is 32.9 Å². The average Bonchev–Trinajstić information content (AvgIpc) is 2.68. The van der Waals surface area contributed by atoms with E-state index in [4.69, 9.17) is 10.5 Å². The third kappa shape index (κ3) is 2.79. The van der Waals surface area contributed by atoms with Gasteiger partial charge in [0.25, 0.3) is 0 Å². The summed E-state index contributed by atoms with van der Waals surface area (Å²) in [6, 6.07) is 10.0. The molecule has 2 aromatic rings. The molecule has 2 N–H and O–H groups in total. The minimum Gasteiger partial charge on any atom is -0.497 e. The summed E-state index contributed by atoms with van der Waals surface area (Å²) < 4.78 is 7.28. The number of aryl methyl sites for hydroxylation is 2. The summed E-state index contributed by atoms with van der Waals surface area (Å²) in [5, 5.41) is 4.56. The van der Waals surface area contributed by atoms with Gasteiger partial charge in [-0.1, -0.05) is 12.1 Å². The Kier molecular flexibility index (Phi) is 3.90. The molecule has 19 heavy (non-hydrogen) atoms. The molecule has 4 nitrogen and oxygen atoms in total. The third-order valence-corrected chi connectivity index (χ3v) is 3.24. The summed E-state index contributed by atoms with van der Waals surface area (Å²) in [6.45, 7) is 6.05. The minimum absolute atomic E-state index is 0.0174. The van der Waals surface area contributed by atoms with Crippen LogP contribution in [0.1, 0.15) is 29.9 Å². The van der Waals surface area contributed by atoms with Crippen LogP contribution in [0.25, 0.3) is 0 Å². The van der Waals surface area contributed by atoms with Crippen LogP contribution in [0, 0.1) is 13.8 Å². The molecular formula is C15H21N3O. The largest absolute Gasteiger partial charge is 0.497 e. The SMILES string of the molecule is COc1cccc(C(C(C)N)n2nc(C)cc2C)c1. The molecule has 0 bridgehead atoms. The first-order valence-corrected chi connectivity index (χ1v) is 6.45. The molecule has 0 radical (unpaired) electrons. The molecule has 2 unspecified atom stereocenters. The van der Waals surface area contributed by atoms with Crippen LogP contribution in [0.4, 0.5) is 0 Å². The maximum Gasteiger partial charge on any atom is 0.119 e. The van der Waals surface area contributed by atoms with Crippen LogP contribution in [-0.2, 0) is 0 Å². The van der Waals surface area contributed by atoms with Crippen LogP contribution < -0.4 is 10.5 Å². The van der Waals surface area contributed by atoms with Crippen LogP contribution in [0.5, 0.6) is 5.75 Å². The molecule has 2 rings (SSSR count). The van der Waals surface area contributed by atoms with Gasteiger partial charge >= 0.3 is 0 Å². The van der Waals surface area contributed by atoms with Crippen molar-refractivity contribution < 1.29 is 4.74 Å². The van der Waals surface area contributed by atoms with Gasteiger partial charge in [-0.2, -0.15) is 5.10 Å². The Balaban J connectivity index is 2.48. The number of methoxy groups -OCH3 is 1. The van der Waals surface area contributed by atoms with Crippen molar-refractivity contribution in [2.75, 3.05) is 7.11 Å². The monoisotopic (exact) mass is 259 g/mol. The number of benzene rings is 1. The maximum atomic E-state index is 6.17. The molecule has 0 aliphatic heterocycles. The van der Waals surface area contributed by atoms with E-state index < -0.39 is 0 Å². The van der Waals surface area contributed by atoms with E-state index in [1.807, 2.05) is 36.7 Å². The van der Waals surface area contributed by atoms with Crippen molar-refractivity contribution in [1.29, 1.82) is 0 Å². The first-order chi connectivity index (χ1) is 9.02. The van der Waals surface area contributed by atoms with Gasteiger partial charge in [-0.05, 0) is 44.5 Å². The van der Waals surface area contributed by atoms with Crippen LogP contribution >= 0.6 is 0 Å². The van der Waals surface area contributed by atoms with Gasteiger partial charge in [0.05, 0.1) is 18.8 Å². The van der Waals surface area contributed by atoms with E-state index in [0.717, 1.165) is 22.7 Å². The summed E-state index contributed by atoms with van der Waals surface area (Å²) in [5.74, 6) is 0.838. The first-order valence-electron chi connectivity index (χ1n) is 6.45. The third-order valence-electron chi connectivity index (χ3n) is 3.24. The Morgan fingerprint density at radius 3 is 2.53 bits per heavy atom. The number of ether oxygens (including phenoxy) is 1. The summed E-state index contributed by atoms with van der Waals surface area (Å²) in [6.07, 6.45) is 0. The van der Waals surface area contributed by atoms with Gasteiger partial charge in [0.2, 0.25) is 0 Å². The van der Waals surface area contributed by atoms with Crippen molar-refractivity contribution in [2.24, 2.45) is 5.73 Å². The number of nitrogens with two attached hydrogens (primary N) is 1. The molecule has 2 atom stereocenters. The number of aromatic nitrogens is 2. The van der Waals surface area contributed by atoms with Gasteiger partial charge in [-0.15, -0.1) is 0 Å². The van der Waals surface area contributed by atoms with E-state index >= 15 is 0 Å². The van der Waals surface area contributed by atoms with Gasteiger partial charge in [-0.25, -0.2) is 0 Å². The van der Waals surface area contributed by atoms with Crippen LogP contribution in [0.3, 0.4) is 0 Å². The lowest BCUT2D eigenvalue weighted by atomic mass is 10.0. The number of hydrogen-bond donors (Lipinski definition) is 1. The second-order valence-electron chi connectivity index (χ2n) is 4.95. The van der Waals surface area contributed by atoms with Crippen molar-refractivity contribution >= 4 is 0 Å². The lowest BCUT2D eigenvalue weighted by Gasteiger charge is -2.23. The van der Waals surface area contributed by atoms with E-state index in [1.165, 1.54) is 0 Å². The van der Waals surface area contributed by atoms with Crippen molar-refractivity contribution in [3.63, 3.8) is 0 Å². The molecule has 1 aromatic heterocycles. The highest BCUT2D eigenvalue weighted by molar-refractivity contribution is 5.32. The maximum absolute atomic E-state index is 6.17. The van der Waals surface area contributed by atoms with Gasteiger partial charge in [0.1, 0.15) is 5.75 Å². The zero-order chi connectivity index (χ0) is 14.0. The van der Waals surface area contributed by atoms with Gasteiger partial charge < -0.3 is 10.5 Å². The molecule has 1 heterocycles. The van der Waals surface area contributed by atoms with Gasteiger partial charge in [0, 0.05) is 11.7 Å². The Bertz CT molecular complexity index is 560. The predicted molar refractivity (Wildman–Crippen MR) is 76.5 cm³/mol. The van der Waals surface area contributed by atoms with E-state index in [9.17, 15) is 0 Å². The molecule has 0 aliphatic rings. The molecule has 0 spiro atoms. The van der Waals surface area contributed by atoms with E-state index in [0.29, 0.717) is 0 Å². The van der Waals surface area contributed by atoms with Crippen molar-refractivity contribution in [3.8, 4) is 5.75 Å². The molecular weight excluding hydrogens is 238 g/mol. The summed E-state index contributed by atoms with van der Waals surface area (Å²) in [5.41, 5.74) is 9.40. The quantitative estimate of drug-likeness (QED) is 0.917. The first kappa shape index (κ1) is 13.6. The summed E-state index contributed by atoms with van der Waals surface area (Å²) >= 11 is 0. The van der Waals surface area contributed by atoms with Gasteiger partial charge in [0.15, 0.2) is 0 Å². The van der Waals surface area contributed by atoms with Crippen LogP contribution in [0.2, 0.25) is 0 Å². The zero-order valence-electron chi connectivity index (χ0n) is 11.9. The highest BCUT2D eigenvalue weighted by Gasteiger charge is 2.21. The standard InChI is InChI=1S/C15H21N3O/c1-10-8-11(2)18(17-10)15(12(3)16)13-6-5-7-14(9-13)19-4/h5-9,12,15H,16H2,1-4H3. The highest BCUT2D eigenvalue weighted by Crippen LogP contribution is 2.25. The van der Waals surface area contributed by atoms with E-state index in [1.54, 1.807) is 7.11 Å². The minimum atomic E-state index is -0.0369. The molecule has 102 valence electrons. The molecule has 0 fully saturated rings. The predicted octanol–water partition coefficient (Wildman–Crippen LogP) is 2.45. The number of hydrogen-bond acceptors (Lipinski definition) is 3. The molecule has 0 amide bonds. The van der Waals surface area contributed by atoms with Crippen molar-refractivity contribution in [1.82, 2.24) is 9.78 Å². The van der Waals surface area contributed by atoms with Gasteiger partial charge in [-0.3, -0.25) is 4.68 Å². The molecule has 0 saturated carbocycles. The van der Waals surface area contributed by atoms with Crippen molar-refractivity contribution in [3.05, 3.63) is 47.3 Å².